The number of alkyl halides is 3. The van der Waals surface area contributed by atoms with Gasteiger partial charge in [-0.25, -0.2) is 0 Å². The predicted octanol–water partition coefficient (Wildman–Crippen LogP) is 4.46. The molecule has 0 spiro atoms. The molecule has 0 radical (unpaired) electrons. The second-order valence-electron chi connectivity index (χ2n) is 4.93. The van der Waals surface area contributed by atoms with Crippen molar-refractivity contribution in [2.24, 2.45) is 0 Å². The van der Waals surface area contributed by atoms with Gasteiger partial charge in [-0.1, -0.05) is 19.9 Å². The van der Waals surface area contributed by atoms with E-state index in [0.717, 1.165) is 19.8 Å². The summed E-state index contributed by atoms with van der Waals surface area (Å²) in [5, 5.41) is 10.0. The molecule has 1 aromatic carbocycles. The summed E-state index contributed by atoms with van der Waals surface area (Å²) in [5.41, 5.74) is -2.29. The highest BCUT2D eigenvalue weighted by molar-refractivity contribution is 9.10. The minimum Gasteiger partial charge on any atom is -0.490 e. The lowest BCUT2D eigenvalue weighted by Crippen LogP contribution is -2.37. The van der Waals surface area contributed by atoms with Gasteiger partial charge in [0.15, 0.2) is 17.1 Å². The summed E-state index contributed by atoms with van der Waals surface area (Å²) in [6, 6.07) is 4.36. The van der Waals surface area contributed by atoms with Gasteiger partial charge >= 0.3 is 4.83 Å². The summed E-state index contributed by atoms with van der Waals surface area (Å²) in [6.07, 6.45) is 1.61. The highest BCUT2D eigenvalue weighted by Gasteiger charge is 2.48. The molecule has 21 heavy (non-hydrogen) atoms. The lowest BCUT2D eigenvalue weighted by Gasteiger charge is -2.29. The summed E-state index contributed by atoms with van der Waals surface area (Å²) < 4.78 is 38.0. The van der Waals surface area contributed by atoms with Gasteiger partial charge in [0.2, 0.25) is 0 Å². The molecule has 0 aliphatic rings. The Morgan fingerprint density at radius 3 is 2.10 bits per heavy atom. The third-order valence-corrected chi connectivity index (χ3v) is 3.75. The lowest BCUT2D eigenvalue weighted by molar-refractivity contribution is -0.109. The number of ether oxygens (including phenoxy) is 2. The summed E-state index contributed by atoms with van der Waals surface area (Å²) in [5.74, 6) is 0.850. The largest absolute Gasteiger partial charge is 0.490 e. The van der Waals surface area contributed by atoms with Crippen molar-refractivity contribution in [1.29, 1.82) is 0 Å². The van der Waals surface area contributed by atoms with Gasteiger partial charge in [0.05, 0.1) is 13.2 Å². The first kappa shape index (κ1) is 18.2. The first-order valence-electron chi connectivity index (χ1n) is 6.93. The molecule has 1 rings (SSSR count). The second kappa shape index (κ2) is 7.40. The molecule has 0 saturated heterocycles. The fourth-order valence-electron chi connectivity index (χ4n) is 1.63. The number of rotatable bonds is 8. The maximum atomic E-state index is 13.5. The molecular weight excluding hydrogens is 346 g/mol. The summed E-state index contributed by atoms with van der Waals surface area (Å²) in [6.45, 7) is 5.91. The fraction of sp³-hybridized carbons (Fsp3) is 0.600. The van der Waals surface area contributed by atoms with Crippen molar-refractivity contribution in [3.8, 4) is 11.5 Å². The molecule has 120 valence electrons. The Morgan fingerprint density at radius 2 is 1.62 bits per heavy atom. The van der Waals surface area contributed by atoms with E-state index < -0.39 is 10.4 Å². The molecular formula is C15H21BrF2O3. The average Bonchev–Trinajstić information content (AvgIpc) is 2.41. The number of hydrogen-bond acceptors (Lipinski definition) is 3. The normalized spacial score (nSPS) is 14.6. The van der Waals surface area contributed by atoms with E-state index in [1.54, 1.807) is 6.07 Å². The van der Waals surface area contributed by atoms with Gasteiger partial charge in [0.25, 0.3) is 0 Å². The van der Waals surface area contributed by atoms with E-state index in [2.05, 4.69) is 15.9 Å². The zero-order chi connectivity index (χ0) is 16.1. The molecule has 1 atom stereocenters. The van der Waals surface area contributed by atoms with E-state index in [4.69, 9.17) is 9.47 Å². The van der Waals surface area contributed by atoms with Crippen molar-refractivity contribution >= 4 is 15.9 Å². The van der Waals surface area contributed by atoms with Gasteiger partial charge in [-0.2, -0.15) is 8.78 Å². The highest BCUT2D eigenvalue weighted by Crippen LogP contribution is 2.44. The fourth-order valence-corrected chi connectivity index (χ4v) is 1.86. The van der Waals surface area contributed by atoms with Crippen molar-refractivity contribution in [1.82, 2.24) is 0 Å². The lowest BCUT2D eigenvalue weighted by atomic mass is 9.96. The van der Waals surface area contributed by atoms with Crippen LogP contribution < -0.4 is 9.47 Å². The van der Waals surface area contributed by atoms with E-state index >= 15 is 0 Å². The van der Waals surface area contributed by atoms with Gasteiger partial charge in [0, 0.05) is 0 Å². The molecule has 1 N–H and O–H groups in total. The van der Waals surface area contributed by atoms with E-state index in [0.29, 0.717) is 24.7 Å². The topological polar surface area (TPSA) is 38.7 Å². The van der Waals surface area contributed by atoms with Crippen LogP contribution in [0.1, 0.15) is 39.2 Å². The van der Waals surface area contributed by atoms with Crippen LogP contribution in [-0.4, -0.2) is 23.2 Å². The highest BCUT2D eigenvalue weighted by atomic mass is 79.9. The zero-order valence-corrected chi connectivity index (χ0v) is 14.0. The predicted molar refractivity (Wildman–Crippen MR) is 81.5 cm³/mol. The zero-order valence-electron chi connectivity index (χ0n) is 12.5. The van der Waals surface area contributed by atoms with E-state index in [9.17, 15) is 13.9 Å². The Bertz CT molecular complexity index is 459. The quantitative estimate of drug-likeness (QED) is 0.690. The molecule has 0 aliphatic carbocycles. The standard InChI is InChI=1S/C15H21BrF2O3/c1-4-8-20-12-7-6-11(10-13(12)21-9-5-2)14(3,19)15(16,17)18/h6-7,10,19H,4-5,8-9H2,1-3H3. The Kier molecular flexibility index (Phi) is 6.41. The third kappa shape index (κ3) is 4.54. The van der Waals surface area contributed by atoms with Crippen molar-refractivity contribution in [3.63, 3.8) is 0 Å². The number of benzene rings is 1. The summed E-state index contributed by atoms with van der Waals surface area (Å²) in [7, 11) is 0. The molecule has 1 aromatic rings. The SMILES string of the molecule is CCCOc1ccc(C(C)(O)C(F)(F)Br)cc1OCCC. The first-order valence-corrected chi connectivity index (χ1v) is 7.72. The second-order valence-corrected chi connectivity index (χ2v) is 5.92. The van der Waals surface area contributed by atoms with Gasteiger partial charge in [-0.15, -0.1) is 0 Å². The molecule has 3 nitrogen and oxygen atoms in total. The third-order valence-electron chi connectivity index (χ3n) is 2.98. The van der Waals surface area contributed by atoms with Crippen molar-refractivity contribution < 1.29 is 23.4 Å². The van der Waals surface area contributed by atoms with Crippen molar-refractivity contribution in [3.05, 3.63) is 23.8 Å². The molecule has 0 bridgehead atoms. The van der Waals surface area contributed by atoms with Crippen LogP contribution in [-0.2, 0) is 5.60 Å². The molecule has 0 aromatic heterocycles. The van der Waals surface area contributed by atoms with Crippen LogP contribution >= 0.6 is 15.9 Å². The van der Waals surface area contributed by atoms with E-state index in [-0.39, 0.29) is 5.56 Å². The van der Waals surface area contributed by atoms with E-state index in [1.165, 1.54) is 12.1 Å². The minimum atomic E-state index is -3.45. The molecule has 6 heteroatoms. The van der Waals surface area contributed by atoms with Gasteiger partial charge in [-0.3, -0.25) is 0 Å². The minimum absolute atomic E-state index is 0.0549. The van der Waals surface area contributed by atoms with Crippen LogP contribution in [0.25, 0.3) is 0 Å². The maximum absolute atomic E-state index is 13.5. The molecule has 1 unspecified atom stereocenters. The molecule has 0 saturated carbocycles. The maximum Gasteiger partial charge on any atom is 0.333 e. The Morgan fingerprint density at radius 1 is 1.10 bits per heavy atom. The van der Waals surface area contributed by atoms with E-state index in [1.807, 2.05) is 13.8 Å². The van der Waals surface area contributed by atoms with Gasteiger partial charge in [0.1, 0.15) is 0 Å². The van der Waals surface area contributed by atoms with Gasteiger partial charge < -0.3 is 14.6 Å². The van der Waals surface area contributed by atoms with Crippen LogP contribution in [0.2, 0.25) is 0 Å². The average molecular weight is 367 g/mol. The molecule has 0 fully saturated rings. The number of aliphatic hydroxyl groups is 1. The Balaban J connectivity index is 3.14. The molecule has 0 aliphatic heterocycles. The van der Waals surface area contributed by atoms with Crippen LogP contribution in [0.15, 0.2) is 18.2 Å². The monoisotopic (exact) mass is 366 g/mol. The molecule has 0 heterocycles. The van der Waals surface area contributed by atoms with Crippen LogP contribution in [0.3, 0.4) is 0 Å². The van der Waals surface area contributed by atoms with Gasteiger partial charge in [-0.05, 0) is 53.4 Å². The summed E-state index contributed by atoms with van der Waals surface area (Å²) in [4.78, 5) is -3.45. The number of halogens is 3. The van der Waals surface area contributed by atoms with Crippen LogP contribution in [0.5, 0.6) is 11.5 Å². The first-order chi connectivity index (χ1) is 9.74. The number of hydrogen-bond donors (Lipinski definition) is 1. The Labute approximate surface area is 132 Å². The Hall–Kier alpha value is -0.880. The van der Waals surface area contributed by atoms with Crippen LogP contribution in [0.4, 0.5) is 8.78 Å². The summed E-state index contributed by atoms with van der Waals surface area (Å²) >= 11 is 2.22. The van der Waals surface area contributed by atoms with Crippen molar-refractivity contribution in [2.75, 3.05) is 13.2 Å². The smallest absolute Gasteiger partial charge is 0.333 e. The molecule has 0 amide bonds. The van der Waals surface area contributed by atoms with Crippen LogP contribution in [0, 0.1) is 0 Å². The van der Waals surface area contributed by atoms with Crippen molar-refractivity contribution in [2.45, 2.75) is 44.0 Å².